The number of carbonyl (C=O) groups is 2. The first-order chi connectivity index (χ1) is 18.6. The molecule has 9 nitrogen and oxygen atoms in total. The lowest BCUT2D eigenvalue weighted by molar-refractivity contribution is -0.172. The molecule has 4 heterocycles. The van der Waals surface area contributed by atoms with Crippen LogP contribution in [0, 0.1) is 12.7 Å². The fourth-order valence-electron chi connectivity index (χ4n) is 6.73. The Morgan fingerprint density at radius 3 is 2.69 bits per heavy atom. The number of aryl methyl sites for hydroxylation is 1. The normalized spacial score (nSPS) is 23.9. The predicted octanol–water partition coefficient (Wildman–Crippen LogP) is 2.55. The van der Waals surface area contributed by atoms with Crippen molar-refractivity contribution in [3.05, 3.63) is 61.7 Å². The zero-order valence-electron chi connectivity index (χ0n) is 21.7. The first-order valence-electron chi connectivity index (χ1n) is 13.4. The average Bonchev–Trinajstić information content (AvgIpc) is 3.27. The summed E-state index contributed by atoms with van der Waals surface area (Å²) >= 11 is 0. The Morgan fingerprint density at radius 2 is 2.00 bits per heavy atom. The van der Waals surface area contributed by atoms with Crippen molar-refractivity contribution in [2.24, 2.45) is 0 Å². The van der Waals surface area contributed by atoms with Crippen LogP contribution in [-0.2, 0) is 39.5 Å². The highest BCUT2D eigenvalue weighted by molar-refractivity contribution is 5.94. The van der Waals surface area contributed by atoms with E-state index < -0.39 is 29.1 Å². The van der Waals surface area contributed by atoms with Crippen LogP contribution in [0.25, 0.3) is 22.3 Å². The van der Waals surface area contributed by atoms with Crippen molar-refractivity contribution in [2.45, 2.75) is 82.8 Å². The minimum Gasteiger partial charge on any atom is -0.458 e. The molecule has 0 saturated heterocycles. The van der Waals surface area contributed by atoms with Crippen LogP contribution in [-0.4, -0.2) is 37.2 Å². The Kier molecular flexibility index (Phi) is 4.98. The van der Waals surface area contributed by atoms with E-state index in [9.17, 15) is 24.6 Å². The number of hydrogen-bond acceptors (Lipinski definition) is 7. The largest absolute Gasteiger partial charge is 0.458 e. The monoisotopic (exact) mass is 533 g/mol. The lowest BCUT2D eigenvalue weighted by atomic mass is 9.78. The van der Waals surface area contributed by atoms with Crippen LogP contribution in [0.5, 0.6) is 0 Å². The van der Waals surface area contributed by atoms with Crippen LogP contribution >= 0.6 is 0 Å². The van der Waals surface area contributed by atoms with Gasteiger partial charge in [-0.15, -0.1) is 0 Å². The van der Waals surface area contributed by atoms with Crippen molar-refractivity contribution in [1.29, 1.82) is 0 Å². The number of benzene rings is 1. The molecule has 2 aliphatic carbocycles. The number of aromatic nitrogens is 2. The summed E-state index contributed by atoms with van der Waals surface area (Å²) < 4.78 is 21.7. The van der Waals surface area contributed by atoms with Gasteiger partial charge in [0.1, 0.15) is 18.0 Å². The highest BCUT2D eigenvalue weighted by atomic mass is 19.1. The second-order valence-corrected chi connectivity index (χ2v) is 11.3. The highest BCUT2D eigenvalue weighted by Gasteiger charge is 2.47. The SMILES string of the molecule is CC[C@@]1(O)C(=O)OCc2c1cc1n(c2=O)Cc2c-1nc1cc(F)c(C)c3c1c2C(NC(=O)C1(O)CCC1)CC3. The van der Waals surface area contributed by atoms with Gasteiger partial charge in [-0.2, -0.15) is 0 Å². The zero-order chi connectivity index (χ0) is 27.4. The van der Waals surface area contributed by atoms with E-state index in [1.807, 2.05) is 0 Å². The molecule has 4 aliphatic rings. The number of cyclic esters (lactones) is 1. The number of halogens is 1. The van der Waals surface area contributed by atoms with Gasteiger partial charge in [0, 0.05) is 22.6 Å². The van der Waals surface area contributed by atoms with Gasteiger partial charge < -0.3 is 24.8 Å². The van der Waals surface area contributed by atoms with Gasteiger partial charge in [0.25, 0.3) is 11.5 Å². The molecule has 3 N–H and O–H groups in total. The van der Waals surface area contributed by atoms with E-state index in [2.05, 4.69) is 5.32 Å². The van der Waals surface area contributed by atoms with Gasteiger partial charge in [0.2, 0.25) is 0 Å². The minimum atomic E-state index is -1.96. The van der Waals surface area contributed by atoms with Crippen molar-refractivity contribution in [1.82, 2.24) is 14.9 Å². The summed E-state index contributed by atoms with van der Waals surface area (Å²) in [6.45, 7) is 3.30. The van der Waals surface area contributed by atoms with Gasteiger partial charge in [-0.25, -0.2) is 14.2 Å². The van der Waals surface area contributed by atoms with Gasteiger partial charge in [-0.05, 0) is 68.2 Å². The van der Waals surface area contributed by atoms with E-state index >= 15 is 4.39 Å². The van der Waals surface area contributed by atoms with Crippen LogP contribution in [0.1, 0.15) is 78.5 Å². The number of carbonyl (C=O) groups excluding carboxylic acids is 2. The molecule has 3 aromatic rings. The molecule has 0 bridgehead atoms. The molecule has 10 heteroatoms. The maximum absolute atomic E-state index is 15.0. The molecule has 202 valence electrons. The number of nitrogens with one attached hydrogen (secondary N) is 1. The topological polar surface area (TPSA) is 131 Å². The number of pyridine rings is 2. The summed E-state index contributed by atoms with van der Waals surface area (Å²) in [7, 11) is 0. The van der Waals surface area contributed by atoms with E-state index in [0.29, 0.717) is 48.2 Å². The number of aliphatic hydroxyl groups is 2. The third-order valence-corrected chi connectivity index (χ3v) is 9.29. The number of fused-ring (bicyclic) bond motifs is 5. The van der Waals surface area contributed by atoms with Gasteiger partial charge in [-0.1, -0.05) is 6.92 Å². The first kappa shape index (κ1) is 24.4. The molecular weight excluding hydrogens is 505 g/mol. The van der Waals surface area contributed by atoms with Crippen LogP contribution < -0.4 is 10.9 Å². The molecule has 1 amide bonds. The van der Waals surface area contributed by atoms with Gasteiger partial charge >= 0.3 is 5.97 Å². The Hall–Kier alpha value is -3.63. The lowest BCUT2D eigenvalue weighted by Crippen LogP contribution is -2.52. The second kappa shape index (κ2) is 7.95. The molecule has 1 unspecified atom stereocenters. The van der Waals surface area contributed by atoms with E-state index in [1.54, 1.807) is 19.9 Å². The van der Waals surface area contributed by atoms with Crippen molar-refractivity contribution in [3.8, 4) is 11.4 Å². The fourth-order valence-corrected chi connectivity index (χ4v) is 6.73. The summed E-state index contributed by atoms with van der Waals surface area (Å²) in [5.74, 6) is -1.61. The minimum absolute atomic E-state index is 0.0237. The molecule has 1 saturated carbocycles. The third kappa shape index (κ3) is 3.12. The number of nitrogens with zero attached hydrogens (tertiary/aromatic N) is 2. The smallest absolute Gasteiger partial charge is 0.343 e. The summed E-state index contributed by atoms with van der Waals surface area (Å²) in [4.78, 5) is 44.1. The molecule has 0 radical (unpaired) electrons. The number of amides is 1. The van der Waals surface area contributed by atoms with E-state index in [-0.39, 0.29) is 42.1 Å². The van der Waals surface area contributed by atoms with Crippen LogP contribution in [0.4, 0.5) is 4.39 Å². The molecule has 7 rings (SSSR count). The van der Waals surface area contributed by atoms with Gasteiger partial charge in [0.15, 0.2) is 5.60 Å². The Morgan fingerprint density at radius 1 is 1.23 bits per heavy atom. The Bertz CT molecular complexity index is 1710. The highest BCUT2D eigenvalue weighted by Crippen LogP contribution is 2.46. The third-order valence-electron chi connectivity index (χ3n) is 9.29. The molecule has 1 aromatic carbocycles. The van der Waals surface area contributed by atoms with Crippen molar-refractivity contribution in [2.75, 3.05) is 0 Å². The van der Waals surface area contributed by atoms with Crippen LogP contribution in [0.15, 0.2) is 16.9 Å². The standard InChI is InChI=1S/C29H28FN3O6/c1-3-29(38)17-9-21-24-15(11-33(21)25(34)16(17)12-39-27(29)36)23-19(32-26(35)28(37)7-4-8-28)6-5-14-13(2)18(30)10-20(31-24)22(14)23/h9-10,19,37-38H,3-8,11-12H2,1-2H3,(H,32,35)/t19?,29-/m0/s1. The Balaban J connectivity index is 1.47. The van der Waals surface area contributed by atoms with Crippen molar-refractivity contribution >= 4 is 22.8 Å². The molecule has 2 aliphatic heterocycles. The maximum Gasteiger partial charge on any atom is 0.343 e. The summed E-state index contributed by atoms with van der Waals surface area (Å²) in [5, 5.41) is 25.7. The van der Waals surface area contributed by atoms with E-state index in [1.165, 1.54) is 10.6 Å². The molecule has 2 atom stereocenters. The van der Waals surface area contributed by atoms with Crippen LogP contribution in [0.3, 0.4) is 0 Å². The lowest BCUT2D eigenvalue weighted by Gasteiger charge is -2.37. The number of ether oxygens (including phenoxy) is 1. The molecule has 2 aromatic heterocycles. The quantitative estimate of drug-likeness (QED) is 0.345. The molecule has 0 spiro atoms. The Labute approximate surface area is 222 Å². The zero-order valence-corrected chi connectivity index (χ0v) is 21.7. The number of hydrogen-bond donors (Lipinski definition) is 3. The first-order valence-corrected chi connectivity index (χ1v) is 13.4. The summed E-state index contributed by atoms with van der Waals surface area (Å²) in [6, 6.07) is 2.54. The number of esters is 1. The second-order valence-electron chi connectivity index (χ2n) is 11.3. The van der Waals surface area contributed by atoms with Crippen molar-refractivity contribution in [3.63, 3.8) is 0 Å². The number of rotatable bonds is 3. The van der Waals surface area contributed by atoms with Crippen LogP contribution in [0.2, 0.25) is 0 Å². The van der Waals surface area contributed by atoms with Crippen molar-refractivity contribution < 1.29 is 28.9 Å². The fraction of sp³-hybridized carbons (Fsp3) is 0.448. The molecule has 39 heavy (non-hydrogen) atoms. The molecule has 1 fully saturated rings. The maximum atomic E-state index is 15.0. The van der Waals surface area contributed by atoms with E-state index in [4.69, 9.17) is 9.72 Å². The van der Waals surface area contributed by atoms with Gasteiger partial charge in [0.05, 0.1) is 35.1 Å². The molecular formula is C29H28FN3O6. The van der Waals surface area contributed by atoms with E-state index in [0.717, 1.165) is 28.5 Å². The average molecular weight is 534 g/mol. The summed E-state index contributed by atoms with van der Waals surface area (Å²) in [5.41, 5.74) is 0.822. The predicted molar refractivity (Wildman–Crippen MR) is 137 cm³/mol. The summed E-state index contributed by atoms with van der Waals surface area (Å²) in [6.07, 6.45) is 2.65. The van der Waals surface area contributed by atoms with Gasteiger partial charge in [-0.3, -0.25) is 9.59 Å².